The molecule has 0 N–H and O–H groups in total. The molecule has 0 bridgehead atoms. The molecule has 4 rings (SSSR count). The summed E-state index contributed by atoms with van der Waals surface area (Å²) >= 11 is 0. The number of rotatable bonds is 3. The Morgan fingerprint density at radius 1 is 1.18 bits per heavy atom. The van der Waals surface area contributed by atoms with Gasteiger partial charge in [-0.25, -0.2) is 0 Å². The molecule has 4 fully saturated rings. The maximum absolute atomic E-state index is 6.08. The minimum absolute atomic E-state index is 0.123. The molecule has 0 aromatic rings. The Balaban J connectivity index is 1.74. The van der Waals surface area contributed by atoms with Crippen molar-refractivity contribution < 1.29 is 14.2 Å². The van der Waals surface area contributed by atoms with Gasteiger partial charge in [0.1, 0.15) is 18.5 Å². The van der Waals surface area contributed by atoms with Crippen molar-refractivity contribution in [2.45, 2.75) is 63.3 Å². The summed E-state index contributed by atoms with van der Waals surface area (Å²) in [7, 11) is 1.70. The van der Waals surface area contributed by atoms with Gasteiger partial charge in [0.25, 0.3) is 0 Å². The molecule has 1 saturated heterocycles. The molecule has 1 heterocycles. The molecule has 96 valence electrons. The Bertz CT molecular complexity index is 343. The monoisotopic (exact) mass is 238 g/mol. The van der Waals surface area contributed by atoms with Crippen molar-refractivity contribution in [3.63, 3.8) is 0 Å². The summed E-state index contributed by atoms with van der Waals surface area (Å²) in [4.78, 5) is 0. The van der Waals surface area contributed by atoms with Crippen molar-refractivity contribution in [3.8, 4) is 0 Å². The Kier molecular flexibility index (Phi) is 1.94. The molecular weight excluding hydrogens is 216 g/mol. The van der Waals surface area contributed by atoms with Crippen molar-refractivity contribution in [2.24, 2.45) is 10.8 Å². The summed E-state index contributed by atoms with van der Waals surface area (Å²) in [6.07, 6.45) is 8.75. The smallest absolute Gasteiger partial charge is 0.146 e. The fraction of sp³-hybridized carbons (Fsp3) is 1.00. The first-order chi connectivity index (χ1) is 8.20. The summed E-state index contributed by atoms with van der Waals surface area (Å²) in [6, 6.07) is 0. The predicted molar refractivity (Wildman–Crippen MR) is 62.6 cm³/mol. The summed E-state index contributed by atoms with van der Waals surface area (Å²) < 4.78 is 17.2. The minimum atomic E-state index is 0.123. The second-order valence-corrected chi connectivity index (χ2v) is 6.58. The van der Waals surface area contributed by atoms with Crippen molar-refractivity contribution in [1.82, 2.24) is 0 Å². The van der Waals surface area contributed by atoms with E-state index < -0.39 is 0 Å². The molecule has 0 radical (unpaired) electrons. The maximum atomic E-state index is 6.08. The Labute approximate surface area is 103 Å². The number of hydrogen-bond acceptors (Lipinski definition) is 3. The molecule has 17 heavy (non-hydrogen) atoms. The summed E-state index contributed by atoms with van der Waals surface area (Å²) in [6.45, 7) is 2.75. The Morgan fingerprint density at radius 3 is 2.53 bits per heavy atom. The number of hydrogen-bond donors (Lipinski definition) is 0. The lowest BCUT2D eigenvalue weighted by atomic mass is 9.65. The fourth-order valence-electron chi connectivity index (χ4n) is 5.83. The van der Waals surface area contributed by atoms with Crippen LogP contribution in [-0.2, 0) is 14.2 Å². The van der Waals surface area contributed by atoms with E-state index in [1.54, 1.807) is 7.11 Å². The van der Waals surface area contributed by atoms with Gasteiger partial charge in [-0.2, -0.15) is 0 Å². The lowest BCUT2D eigenvalue weighted by molar-refractivity contribution is -0.149. The number of fused-ring (bicyclic) bond motifs is 1. The van der Waals surface area contributed by atoms with Gasteiger partial charge in [0.2, 0.25) is 0 Å². The highest BCUT2D eigenvalue weighted by atomic mass is 16.7. The summed E-state index contributed by atoms with van der Waals surface area (Å²) in [5.74, 6) is 0. The lowest BCUT2D eigenvalue weighted by Gasteiger charge is -2.42. The quantitative estimate of drug-likeness (QED) is 0.559. The van der Waals surface area contributed by atoms with Crippen LogP contribution in [0.2, 0.25) is 0 Å². The van der Waals surface area contributed by atoms with Crippen LogP contribution in [0.1, 0.15) is 45.4 Å². The van der Waals surface area contributed by atoms with Gasteiger partial charge < -0.3 is 14.2 Å². The molecule has 3 heteroatoms. The van der Waals surface area contributed by atoms with Crippen LogP contribution in [0.3, 0.4) is 0 Å². The van der Waals surface area contributed by atoms with Crippen LogP contribution in [0.15, 0.2) is 0 Å². The third kappa shape index (κ3) is 0.946. The highest BCUT2D eigenvalue weighted by molar-refractivity contribution is 5.33. The van der Waals surface area contributed by atoms with E-state index in [1.165, 1.54) is 38.5 Å². The molecule has 3 atom stereocenters. The van der Waals surface area contributed by atoms with E-state index in [9.17, 15) is 0 Å². The van der Waals surface area contributed by atoms with E-state index in [1.807, 2.05) is 0 Å². The van der Waals surface area contributed by atoms with E-state index in [0.29, 0.717) is 23.7 Å². The van der Waals surface area contributed by atoms with Gasteiger partial charge in [0.05, 0.1) is 6.10 Å². The molecule has 4 aliphatic rings. The minimum Gasteiger partial charge on any atom is -0.363 e. The topological polar surface area (TPSA) is 31.0 Å². The third-order valence-electron chi connectivity index (χ3n) is 6.40. The van der Waals surface area contributed by atoms with Gasteiger partial charge in [-0.15, -0.1) is 0 Å². The molecular formula is C14H22O3. The predicted octanol–water partition coefficient (Wildman–Crippen LogP) is 2.49. The Morgan fingerprint density at radius 2 is 1.88 bits per heavy atom. The summed E-state index contributed by atoms with van der Waals surface area (Å²) in [5.41, 5.74) is 0.977. The van der Waals surface area contributed by atoms with Gasteiger partial charge in [-0.05, 0) is 32.6 Å². The van der Waals surface area contributed by atoms with Crippen LogP contribution in [-0.4, -0.2) is 31.7 Å². The first kappa shape index (κ1) is 10.8. The largest absolute Gasteiger partial charge is 0.363 e. The van der Waals surface area contributed by atoms with Gasteiger partial charge in [-0.1, -0.05) is 12.8 Å². The second-order valence-electron chi connectivity index (χ2n) is 6.58. The zero-order valence-electron chi connectivity index (χ0n) is 10.8. The van der Waals surface area contributed by atoms with Crippen molar-refractivity contribution in [2.75, 3.05) is 13.9 Å². The molecule has 3 aliphatic carbocycles. The average molecular weight is 238 g/mol. The van der Waals surface area contributed by atoms with Crippen LogP contribution in [0, 0.1) is 10.8 Å². The van der Waals surface area contributed by atoms with Gasteiger partial charge in [0, 0.05) is 17.9 Å². The van der Waals surface area contributed by atoms with E-state index in [2.05, 4.69) is 6.92 Å². The Hall–Kier alpha value is -0.120. The van der Waals surface area contributed by atoms with Crippen LogP contribution in [0.4, 0.5) is 0 Å². The van der Waals surface area contributed by atoms with Crippen molar-refractivity contribution >= 4 is 0 Å². The van der Waals surface area contributed by atoms with Crippen molar-refractivity contribution in [3.05, 3.63) is 0 Å². The van der Waals surface area contributed by atoms with Crippen LogP contribution in [0.5, 0.6) is 0 Å². The average Bonchev–Trinajstić information content (AvgIpc) is 2.68. The zero-order valence-corrected chi connectivity index (χ0v) is 10.8. The number of epoxide rings is 1. The first-order valence-electron chi connectivity index (χ1n) is 6.99. The van der Waals surface area contributed by atoms with Crippen LogP contribution >= 0.6 is 0 Å². The van der Waals surface area contributed by atoms with E-state index in [-0.39, 0.29) is 11.7 Å². The van der Waals surface area contributed by atoms with E-state index >= 15 is 0 Å². The molecule has 0 spiro atoms. The molecule has 0 aromatic carbocycles. The molecule has 0 aromatic heterocycles. The lowest BCUT2D eigenvalue weighted by Crippen LogP contribution is -2.44. The first-order valence-corrected chi connectivity index (χ1v) is 6.99. The zero-order chi connectivity index (χ0) is 11.7. The normalized spacial score (nSPS) is 58.9. The molecule has 3 saturated carbocycles. The third-order valence-corrected chi connectivity index (χ3v) is 6.40. The highest BCUT2D eigenvalue weighted by Gasteiger charge is 2.85. The molecule has 1 aliphatic heterocycles. The fourth-order valence-corrected chi connectivity index (χ4v) is 5.83. The van der Waals surface area contributed by atoms with Crippen LogP contribution < -0.4 is 0 Å². The summed E-state index contributed by atoms with van der Waals surface area (Å²) in [5, 5.41) is 0. The van der Waals surface area contributed by atoms with Gasteiger partial charge >= 0.3 is 0 Å². The number of methoxy groups -OCH3 is 1. The second kappa shape index (κ2) is 3.06. The van der Waals surface area contributed by atoms with Gasteiger partial charge in [0.15, 0.2) is 0 Å². The number of ether oxygens (including phenoxy) is 3. The highest BCUT2D eigenvalue weighted by Crippen LogP contribution is 2.80. The molecule has 3 nitrogen and oxygen atoms in total. The van der Waals surface area contributed by atoms with Crippen LogP contribution in [0.25, 0.3) is 0 Å². The molecule has 0 unspecified atom stereocenters. The SMILES string of the molecule is COCO[C@H]1[C@@H]2O[C@]2(C)C23CCCC12CCC3. The maximum Gasteiger partial charge on any atom is 0.146 e. The van der Waals surface area contributed by atoms with E-state index in [0.717, 1.165) is 0 Å². The molecule has 0 amide bonds. The van der Waals surface area contributed by atoms with Crippen molar-refractivity contribution in [1.29, 1.82) is 0 Å². The van der Waals surface area contributed by atoms with Gasteiger partial charge in [-0.3, -0.25) is 0 Å². The standard InChI is InChI=1S/C14H22O3/c1-12-10(17-12)11(16-9-15-2)13-5-3-7-14(12,13)8-4-6-13/h10-11H,3-9H2,1-2H3/t10-,11-,12-,13?,14?/m0/s1. The van der Waals surface area contributed by atoms with E-state index in [4.69, 9.17) is 14.2 Å².